The van der Waals surface area contributed by atoms with Crippen LogP contribution >= 0.6 is 11.8 Å². The van der Waals surface area contributed by atoms with Crippen molar-refractivity contribution in [3.8, 4) is 11.5 Å². The first-order valence-corrected chi connectivity index (χ1v) is 9.33. The Morgan fingerprint density at radius 2 is 1.85 bits per heavy atom. The summed E-state index contributed by atoms with van der Waals surface area (Å²) in [5.74, 6) is -1.44. The van der Waals surface area contributed by atoms with E-state index in [-0.39, 0.29) is 23.8 Å². The van der Waals surface area contributed by atoms with Gasteiger partial charge in [-0.3, -0.25) is 9.59 Å². The van der Waals surface area contributed by atoms with Crippen LogP contribution in [0.4, 0.5) is 0 Å². The minimum atomic E-state index is -0.998. The molecular formula is C17H24N2O6S. The summed E-state index contributed by atoms with van der Waals surface area (Å²) in [5.41, 5.74) is 0.524. The van der Waals surface area contributed by atoms with Crippen molar-refractivity contribution >= 4 is 29.5 Å². The molecule has 26 heavy (non-hydrogen) atoms. The van der Waals surface area contributed by atoms with E-state index in [4.69, 9.17) is 4.74 Å². The fourth-order valence-electron chi connectivity index (χ4n) is 2.29. The Morgan fingerprint density at radius 1 is 1.15 bits per heavy atom. The Labute approximate surface area is 156 Å². The van der Waals surface area contributed by atoms with Crippen LogP contribution in [0.3, 0.4) is 0 Å². The van der Waals surface area contributed by atoms with Gasteiger partial charge >= 0.3 is 5.97 Å². The number of benzene rings is 1. The zero-order valence-corrected chi connectivity index (χ0v) is 15.8. The average molecular weight is 384 g/mol. The van der Waals surface area contributed by atoms with Crippen LogP contribution in [0.25, 0.3) is 0 Å². The van der Waals surface area contributed by atoms with Gasteiger partial charge in [-0.2, -0.15) is 11.8 Å². The van der Waals surface area contributed by atoms with E-state index in [0.29, 0.717) is 17.7 Å². The molecule has 2 amide bonds. The Bertz CT molecular complexity index is 652. The zero-order chi connectivity index (χ0) is 19.7. The Hall–Kier alpha value is -2.42. The molecule has 4 N–H and O–H groups in total. The van der Waals surface area contributed by atoms with Gasteiger partial charge in [-0.25, -0.2) is 4.79 Å². The van der Waals surface area contributed by atoms with E-state index >= 15 is 0 Å². The lowest BCUT2D eigenvalue weighted by Gasteiger charge is -2.22. The quantitative estimate of drug-likeness (QED) is 0.362. The van der Waals surface area contributed by atoms with Crippen molar-refractivity contribution in [3.05, 3.63) is 23.8 Å². The molecule has 144 valence electrons. The molecular weight excluding hydrogens is 360 g/mol. The van der Waals surface area contributed by atoms with Crippen LogP contribution in [0, 0.1) is 0 Å². The summed E-state index contributed by atoms with van der Waals surface area (Å²) in [6.07, 6.45) is 2.36. The highest BCUT2D eigenvalue weighted by molar-refractivity contribution is 7.98. The van der Waals surface area contributed by atoms with Crippen LogP contribution in [-0.2, 0) is 25.5 Å². The van der Waals surface area contributed by atoms with Crippen molar-refractivity contribution in [2.75, 3.05) is 19.1 Å². The van der Waals surface area contributed by atoms with Gasteiger partial charge in [0.25, 0.3) is 0 Å². The molecule has 0 saturated carbocycles. The Morgan fingerprint density at radius 3 is 2.38 bits per heavy atom. The van der Waals surface area contributed by atoms with E-state index in [1.807, 2.05) is 6.26 Å². The molecule has 0 aromatic heterocycles. The molecule has 1 aromatic carbocycles. The van der Waals surface area contributed by atoms with Gasteiger partial charge in [0.2, 0.25) is 11.8 Å². The number of phenols is 2. The summed E-state index contributed by atoms with van der Waals surface area (Å²) < 4.78 is 4.72. The fraction of sp³-hybridized carbons (Fsp3) is 0.471. The molecule has 2 atom stereocenters. The van der Waals surface area contributed by atoms with Crippen LogP contribution in [0.2, 0.25) is 0 Å². The van der Waals surface area contributed by atoms with Crippen LogP contribution in [0.1, 0.15) is 18.9 Å². The number of methoxy groups -OCH3 is 1. The number of phenolic OH excluding ortho intramolecular Hbond substituents is 2. The summed E-state index contributed by atoms with van der Waals surface area (Å²) in [6.45, 7) is 1.32. The highest BCUT2D eigenvalue weighted by Gasteiger charge is 2.27. The largest absolute Gasteiger partial charge is 0.504 e. The number of nitrogens with one attached hydrogen (secondary N) is 2. The normalized spacial score (nSPS) is 12.7. The van der Waals surface area contributed by atoms with Gasteiger partial charge in [-0.1, -0.05) is 6.07 Å². The molecule has 0 spiro atoms. The van der Waals surface area contributed by atoms with Gasteiger partial charge in [0.05, 0.1) is 7.11 Å². The van der Waals surface area contributed by atoms with Crippen molar-refractivity contribution in [2.45, 2.75) is 31.8 Å². The van der Waals surface area contributed by atoms with Crippen molar-refractivity contribution in [3.63, 3.8) is 0 Å². The van der Waals surface area contributed by atoms with E-state index in [2.05, 4.69) is 10.6 Å². The second-order valence-corrected chi connectivity index (χ2v) is 6.63. The molecule has 1 rings (SSSR count). The lowest BCUT2D eigenvalue weighted by atomic mass is 10.0. The molecule has 0 bridgehead atoms. The van der Waals surface area contributed by atoms with E-state index in [9.17, 15) is 24.6 Å². The smallest absolute Gasteiger partial charge is 0.328 e. The molecule has 9 heteroatoms. The number of hydrogen-bond acceptors (Lipinski definition) is 7. The summed E-state index contributed by atoms with van der Waals surface area (Å²) in [7, 11) is 1.20. The van der Waals surface area contributed by atoms with Crippen molar-refractivity contribution < 1.29 is 29.3 Å². The minimum absolute atomic E-state index is 0.0571. The van der Waals surface area contributed by atoms with Gasteiger partial charge in [-0.05, 0) is 36.1 Å². The summed E-state index contributed by atoms with van der Waals surface area (Å²) in [5, 5.41) is 24.1. The maximum atomic E-state index is 12.5. The van der Waals surface area contributed by atoms with Crippen molar-refractivity contribution in [1.82, 2.24) is 10.6 Å². The predicted octanol–water partition coefficient (Wildman–Crippen LogP) is 0.556. The number of ether oxygens (including phenoxy) is 1. The maximum Gasteiger partial charge on any atom is 0.328 e. The van der Waals surface area contributed by atoms with E-state index in [1.54, 1.807) is 0 Å². The van der Waals surface area contributed by atoms with Gasteiger partial charge in [0, 0.05) is 13.3 Å². The van der Waals surface area contributed by atoms with Gasteiger partial charge in [0.15, 0.2) is 11.5 Å². The third-order valence-corrected chi connectivity index (χ3v) is 4.23. The molecule has 0 unspecified atom stereocenters. The van der Waals surface area contributed by atoms with Crippen LogP contribution in [0.5, 0.6) is 11.5 Å². The van der Waals surface area contributed by atoms with Crippen LogP contribution < -0.4 is 10.6 Å². The molecule has 0 aliphatic heterocycles. The standard InChI is InChI=1S/C17H24N2O6S/c1-10(20)18-12(6-7-26-3)16(23)19-13(17(24)25-2)8-11-4-5-14(21)15(22)9-11/h4-5,9,12-13,21-22H,6-8H2,1-3H3,(H,18,20)(H,19,23)/t12-,13-/m0/s1. The number of carbonyl (C=O) groups excluding carboxylic acids is 3. The maximum absolute atomic E-state index is 12.5. The van der Waals surface area contributed by atoms with Crippen molar-refractivity contribution in [2.24, 2.45) is 0 Å². The number of rotatable bonds is 9. The Kier molecular flexibility index (Phi) is 8.77. The zero-order valence-electron chi connectivity index (χ0n) is 14.9. The third-order valence-electron chi connectivity index (χ3n) is 3.59. The molecule has 0 saturated heterocycles. The molecule has 0 aliphatic carbocycles. The topological polar surface area (TPSA) is 125 Å². The molecule has 0 fully saturated rings. The van der Waals surface area contributed by atoms with Gasteiger partial charge < -0.3 is 25.6 Å². The SMILES string of the molecule is COC(=O)[C@H](Cc1ccc(O)c(O)c1)NC(=O)[C@H](CCSC)NC(C)=O. The third kappa shape index (κ3) is 6.83. The van der Waals surface area contributed by atoms with Crippen LogP contribution in [0.15, 0.2) is 18.2 Å². The van der Waals surface area contributed by atoms with Gasteiger partial charge in [-0.15, -0.1) is 0 Å². The lowest BCUT2D eigenvalue weighted by molar-refractivity contribution is -0.145. The summed E-state index contributed by atoms with van der Waals surface area (Å²) >= 11 is 1.54. The van der Waals surface area contributed by atoms with E-state index in [1.165, 1.54) is 44.0 Å². The monoisotopic (exact) mass is 384 g/mol. The first kappa shape index (κ1) is 21.6. The Balaban J connectivity index is 2.90. The molecule has 0 heterocycles. The highest BCUT2D eigenvalue weighted by atomic mass is 32.2. The first-order valence-electron chi connectivity index (χ1n) is 7.93. The highest BCUT2D eigenvalue weighted by Crippen LogP contribution is 2.25. The van der Waals surface area contributed by atoms with Crippen LogP contribution in [-0.4, -0.2) is 59.2 Å². The number of amides is 2. The molecule has 0 aliphatic rings. The molecule has 0 radical (unpaired) electrons. The second kappa shape index (κ2) is 10.5. The molecule has 8 nitrogen and oxygen atoms in total. The molecule has 1 aromatic rings. The van der Waals surface area contributed by atoms with Crippen molar-refractivity contribution in [1.29, 1.82) is 0 Å². The summed E-state index contributed by atoms with van der Waals surface area (Å²) in [6, 6.07) is 2.36. The second-order valence-electron chi connectivity index (χ2n) is 5.65. The number of aromatic hydroxyl groups is 2. The van der Waals surface area contributed by atoms with E-state index < -0.39 is 24.0 Å². The number of thioether (sulfide) groups is 1. The summed E-state index contributed by atoms with van der Waals surface area (Å²) in [4.78, 5) is 35.8. The predicted molar refractivity (Wildman–Crippen MR) is 98.0 cm³/mol. The minimum Gasteiger partial charge on any atom is -0.504 e. The van der Waals surface area contributed by atoms with Gasteiger partial charge in [0.1, 0.15) is 12.1 Å². The first-order chi connectivity index (χ1) is 12.3. The fourth-order valence-corrected chi connectivity index (χ4v) is 2.76. The lowest BCUT2D eigenvalue weighted by Crippen LogP contribution is -2.52. The average Bonchev–Trinajstić information content (AvgIpc) is 2.59. The number of hydrogen-bond donors (Lipinski definition) is 4. The number of carbonyl (C=O) groups is 3. The number of esters is 1. The van der Waals surface area contributed by atoms with E-state index in [0.717, 1.165) is 0 Å².